The molecule has 1 unspecified atom stereocenters. The number of carboxylic acid groups (broad SMARTS) is 1. The van der Waals surface area contributed by atoms with Crippen molar-refractivity contribution in [2.45, 2.75) is 13.0 Å². The van der Waals surface area contributed by atoms with Gasteiger partial charge in [0.25, 0.3) is 6.47 Å². The average Bonchev–Trinajstić information content (AvgIpc) is 1.57. The maximum Gasteiger partial charge on any atom is 0.290 e. The van der Waals surface area contributed by atoms with Crippen LogP contribution in [0.15, 0.2) is 0 Å². The van der Waals surface area contributed by atoms with Gasteiger partial charge >= 0.3 is 0 Å². The summed E-state index contributed by atoms with van der Waals surface area (Å²) >= 11 is 0. The predicted molar refractivity (Wildman–Crippen MR) is 48.3 cm³/mol. The lowest BCUT2D eigenvalue weighted by Gasteiger charge is -2.24. The van der Waals surface area contributed by atoms with Crippen LogP contribution in [-0.2, 0) is 4.79 Å². The zero-order chi connectivity index (χ0) is 9.49. The summed E-state index contributed by atoms with van der Waals surface area (Å²) in [5.74, 6) is 0. The van der Waals surface area contributed by atoms with E-state index in [-0.39, 0.29) is 18.7 Å². The van der Waals surface area contributed by atoms with Crippen LogP contribution in [0.2, 0.25) is 0 Å². The second-order valence-electron chi connectivity index (χ2n) is 3.43. The molecule has 0 heterocycles. The summed E-state index contributed by atoms with van der Waals surface area (Å²) in [7, 11) is 6.19. The van der Waals surface area contributed by atoms with Gasteiger partial charge in [-0.1, -0.05) is 0 Å². The maximum absolute atomic E-state index is 8.87. The van der Waals surface area contributed by atoms with Crippen LogP contribution in [0.1, 0.15) is 6.92 Å². The highest BCUT2D eigenvalue weighted by Crippen LogP contribution is 1.92. The van der Waals surface area contributed by atoms with Crippen molar-refractivity contribution in [3.8, 4) is 0 Å². The molecule has 0 aliphatic heterocycles. The second-order valence-corrected chi connectivity index (χ2v) is 3.43. The Hall–Kier alpha value is -0.650. The number of aliphatic hydroxyl groups is 1. The van der Waals surface area contributed by atoms with E-state index < -0.39 is 0 Å². The van der Waals surface area contributed by atoms with Gasteiger partial charge in [0, 0.05) is 0 Å². The monoisotopic (exact) mass is 181 g/mol. The molecule has 0 aromatic heterocycles. The van der Waals surface area contributed by atoms with Crippen LogP contribution in [0.4, 0.5) is 0 Å². The Labute approximate surface area is 73.8 Å². The van der Waals surface area contributed by atoms with Crippen molar-refractivity contribution in [2.24, 2.45) is 0 Å². The lowest BCUT2D eigenvalue weighted by atomic mass is 10.3. The first-order valence-corrected chi connectivity index (χ1v) is 3.40. The van der Waals surface area contributed by atoms with Crippen LogP contribution in [0.25, 0.3) is 0 Å². The molecular weight excluding hydrogens is 160 g/mol. The van der Waals surface area contributed by atoms with Gasteiger partial charge in [0.2, 0.25) is 0 Å². The molecule has 0 radical (unpaired) electrons. The minimum absolute atomic E-state index is 0. The maximum atomic E-state index is 8.87. The highest BCUT2D eigenvalue weighted by atomic mass is 16.3. The Kier molecular flexibility index (Phi) is 12.3. The number of quaternary nitrogens is 1. The number of hydrogen-bond donors (Lipinski definition) is 3. The summed E-state index contributed by atoms with van der Waals surface area (Å²) in [4.78, 5) is 8.36. The predicted octanol–water partition coefficient (Wildman–Crippen LogP) is -0.0638. The quantitative estimate of drug-likeness (QED) is 0.411. The first-order chi connectivity index (χ1) is 4.83. The van der Waals surface area contributed by atoms with Crippen molar-refractivity contribution in [1.29, 1.82) is 0 Å². The first kappa shape index (κ1) is 17.4. The van der Waals surface area contributed by atoms with Crippen LogP contribution in [0.5, 0.6) is 0 Å². The van der Waals surface area contributed by atoms with E-state index in [1.165, 1.54) is 0 Å². The molecular formula is C7H21N2O3+. The summed E-state index contributed by atoms with van der Waals surface area (Å²) in [6.45, 7) is 2.38. The molecule has 0 fully saturated rings. The van der Waals surface area contributed by atoms with E-state index in [4.69, 9.17) is 15.0 Å². The van der Waals surface area contributed by atoms with E-state index in [1.54, 1.807) is 0 Å². The van der Waals surface area contributed by atoms with Gasteiger partial charge in [0.1, 0.15) is 12.6 Å². The highest BCUT2D eigenvalue weighted by Gasteiger charge is 2.09. The molecule has 0 aromatic rings. The van der Waals surface area contributed by atoms with Gasteiger partial charge in [-0.05, 0) is 6.92 Å². The largest absolute Gasteiger partial charge is 0.483 e. The summed E-state index contributed by atoms with van der Waals surface area (Å²) in [5, 5.41) is 15.8. The molecule has 0 rings (SSSR count). The van der Waals surface area contributed by atoms with E-state index in [1.807, 2.05) is 6.92 Å². The highest BCUT2D eigenvalue weighted by molar-refractivity contribution is 5.32. The SMILES string of the molecule is CC(O)C[N+](C)(C)C.N.O=CO. The van der Waals surface area contributed by atoms with Crippen molar-refractivity contribution in [1.82, 2.24) is 6.15 Å². The number of aliphatic hydroxyl groups excluding tert-OH is 1. The Bertz CT molecular complexity index is 99.3. The number of likely N-dealkylation sites (N-methyl/N-ethyl adjacent to an activating group) is 1. The zero-order valence-corrected chi connectivity index (χ0v) is 8.32. The van der Waals surface area contributed by atoms with Crippen molar-refractivity contribution < 1.29 is 19.5 Å². The second kappa shape index (κ2) is 8.45. The molecule has 0 aromatic carbocycles. The van der Waals surface area contributed by atoms with E-state index >= 15 is 0 Å². The Morgan fingerprint density at radius 1 is 1.42 bits per heavy atom. The fraction of sp³-hybridized carbons (Fsp3) is 0.857. The van der Waals surface area contributed by atoms with Crippen LogP contribution in [0, 0.1) is 0 Å². The van der Waals surface area contributed by atoms with Gasteiger partial charge in [0.15, 0.2) is 0 Å². The van der Waals surface area contributed by atoms with Crippen molar-refractivity contribution in [2.75, 3.05) is 27.7 Å². The molecule has 76 valence electrons. The van der Waals surface area contributed by atoms with Crippen LogP contribution in [0.3, 0.4) is 0 Å². The Morgan fingerprint density at radius 3 is 1.67 bits per heavy atom. The van der Waals surface area contributed by atoms with Crippen molar-refractivity contribution >= 4 is 6.47 Å². The topological polar surface area (TPSA) is 92.5 Å². The van der Waals surface area contributed by atoms with Gasteiger partial charge in [-0.15, -0.1) is 0 Å². The molecule has 0 amide bonds. The molecule has 5 heteroatoms. The van der Waals surface area contributed by atoms with E-state index in [9.17, 15) is 0 Å². The number of hydrogen-bond acceptors (Lipinski definition) is 3. The van der Waals surface area contributed by atoms with Crippen LogP contribution >= 0.6 is 0 Å². The normalized spacial score (nSPS) is 11.8. The number of nitrogens with zero attached hydrogens (tertiary/aromatic N) is 1. The van der Waals surface area contributed by atoms with Crippen molar-refractivity contribution in [3.05, 3.63) is 0 Å². The van der Waals surface area contributed by atoms with Gasteiger partial charge < -0.3 is 20.8 Å². The molecule has 0 saturated heterocycles. The van der Waals surface area contributed by atoms with Gasteiger partial charge in [-0.25, -0.2) is 0 Å². The van der Waals surface area contributed by atoms with E-state index in [0.717, 1.165) is 11.0 Å². The molecule has 0 bridgehead atoms. The minimum atomic E-state index is -0.250. The van der Waals surface area contributed by atoms with Crippen LogP contribution < -0.4 is 6.15 Å². The molecule has 5 N–H and O–H groups in total. The molecule has 1 atom stereocenters. The third kappa shape index (κ3) is 34.5. The van der Waals surface area contributed by atoms with E-state index in [2.05, 4.69) is 21.1 Å². The minimum Gasteiger partial charge on any atom is -0.483 e. The smallest absolute Gasteiger partial charge is 0.290 e. The third-order valence-electron chi connectivity index (χ3n) is 0.812. The summed E-state index contributed by atoms with van der Waals surface area (Å²) in [6.07, 6.45) is -0.185. The standard InChI is InChI=1S/C6H16NO.CH2O2.H3N/c1-6(8)5-7(2,3)4;2-1-3;/h6,8H,5H2,1-4H3;1H,(H,2,3);1H3/q+1;;. The lowest BCUT2D eigenvalue weighted by molar-refractivity contribution is -0.873. The summed E-state index contributed by atoms with van der Waals surface area (Å²) < 4.78 is 0.831. The van der Waals surface area contributed by atoms with Gasteiger partial charge in [0.05, 0.1) is 21.1 Å². The average molecular weight is 181 g/mol. The summed E-state index contributed by atoms with van der Waals surface area (Å²) in [5.41, 5.74) is 0. The van der Waals surface area contributed by atoms with E-state index in [0.29, 0.717) is 0 Å². The first-order valence-electron chi connectivity index (χ1n) is 3.40. The summed E-state index contributed by atoms with van der Waals surface area (Å²) in [6, 6.07) is 0. The fourth-order valence-electron chi connectivity index (χ4n) is 0.793. The molecule has 0 aliphatic carbocycles. The van der Waals surface area contributed by atoms with Gasteiger partial charge in [-0.3, -0.25) is 4.79 Å². The molecule has 12 heavy (non-hydrogen) atoms. The number of carbonyl (C=O) groups is 1. The fourth-order valence-corrected chi connectivity index (χ4v) is 0.793. The van der Waals surface area contributed by atoms with Crippen LogP contribution in [-0.4, -0.2) is 55.0 Å². The lowest BCUT2D eigenvalue weighted by Crippen LogP contribution is -2.40. The Morgan fingerprint density at radius 2 is 1.67 bits per heavy atom. The molecule has 0 saturated carbocycles. The Balaban J connectivity index is -0.000000177. The molecule has 0 aliphatic rings. The molecule has 0 spiro atoms. The molecule has 5 nitrogen and oxygen atoms in total. The number of rotatable bonds is 2. The van der Waals surface area contributed by atoms with Gasteiger partial charge in [-0.2, -0.15) is 0 Å². The third-order valence-corrected chi connectivity index (χ3v) is 0.812. The van der Waals surface area contributed by atoms with Crippen molar-refractivity contribution in [3.63, 3.8) is 0 Å². The zero-order valence-electron chi connectivity index (χ0n) is 8.32.